The second-order valence-corrected chi connectivity index (χ2v) is 6.27. The van der Waals surface area contributed by atoms with Gasteiger partial charge in [-0.1, -0.05) is 18.2 Å². The van der Waals surface area contributed by atoms with Crippen molar-refractivity contribution in [3.63, 3.8) is 0 Å². The highest BCUT2D eigenvalue weighted by Gasteiger charge is 2.29. The zero-order valence-electron chi connectivity index (χ0n) is 13.9. The van der Waals surface area contributed by atoms with Crippen molar-refractivity contribution in [1.82, 2.24) is 0 Å². The maximum absolute atomic E-state index is 14.3. The van der Waals surface area contributed by atoms with E-state index in [2.05, 4.69) is 4.90 Å². The number of carbonyl (C=O) groups excluding carboxylic acids is 1. The van der Waals surface area contributed by atoms with E-state index in [1.807, 2.05) is 35.2 Å². The van der Waals surface area contributed by atoms with Gasteiger partial charge >= 0.3 is 0 Å². The monoisotopic (exact) mass is 343 g/mol. The molecule has 3 rings (SSSR count). The Morgan fingerprint density at radius 1 is 1.20 bits per heavy atom. The Hall–Kier alpha value is -2.76. The van der Waals surface area contributed by atoms with E-state index >= 15 is 0 Å². The average molecular weight is 343 g/mol. The van der Waals surface area contributed by atoms with E-state index in [0.29, 0.717) is 25.2 Å². The van der Waals surface area contributed by atoms with Crippen molar-refractivity contribution in [2.75, 3.05) is 29.4 Å². The molecule has 0 aromatic heterocycles. The minimum atomic E-state index is -0.380. The number of benzene rings is 2. The molecule has 1 unspecified atom stereocenters. The number of aromatic hydroxyl groups is 1. The van der Waals surface area contributed by atoms with Gasteiger partial charge in [0, 0.05) is 43.9 Å². The molecule has 25 heavy (non-hydrogen) atoms. The van der Waals surface area contributed by atoms with E-state index in [9.17, 15) is 14.3 Å². The number of phenols is 1. The summed E-state index contributed by atoms with van der Waals surface area (Å²) in [5.74, 6) is -0.723. The second kappa shape index (κ2) is 7.42. The highest BCUT2D eigenvalue weighted by Crippen LogP contribution is 2.30. The molecule has 0 spiro atoms. The predicted molar refractivity (Wildman–Crippen MR) is 96.3 cm³/mol. The summed E-state index contributed by atoms with van der Waals surface area (Å²) in [5.41, 5.74) is 6.77. The third-order valence-electron chi connectivity index (χ3n) is 4.57. The molecule has 2 aromatic carbocycles. The number of carbonyl (C=O) groups is 1. The van der Waals surface area contributed by atoms with Gasteiger partial charge in [-0.25, -0.2) is 4.39 Å². The first kappa shape index (κ1) is 17.1. The number of nitrogens with zero attached hydrogens (tertiary/aromatic N) is 2. The fourth-order valence-corrected chi connectivity index (χ4v) is 3.32. The lowest BCUT2D eigenvalue weighted by molar-refractivity contribution is -0.118. The van der Waals surface area contributed by atoms with E-state index in [4.69, 9.17) is 5.73 Å². The normalized spacial score (nSPS) is 17.6. The van der Waals surface area contributed by atoms with Crippen LogP contribution in [-0.4, -0.2) is 36.7 Å². The maximum atomic E-state index is 14.3. The van der Waals surface area contributed by atoms with E-state index in [0.717, 1.165) is 12.2 Å². The molecule has 1 saturated heterocycles. The minimum Gasteiger partial charge on any atom is -0.508 e. The molecule has 1 fully saturated rings. The van der Waals surface area contributed by atoms with Gasteiger partial charge in [-0.2, -0.15) is 0 Å². The van der Waals surface area contributed by atoms with Crippen LogP contribution in [0.4, 0.5) is 15.8 Å². The number of para-hydroxylation sites is 1. The fourth-order valence-electron chi connectivity index (χ4n) is 3.32. The molecule has 132 valence electrons. The number of hydrogen-bond donors (Lipinski definition) is 2. The van der Waals surface area contributed by atoms with Gasteiger partial charge in [-0.05, 0) is 30.7 Å². The molecule has 1 heterocycles. The Bertz CT molecular complexity index is 739. The molecule has 1 aliphatic heterocycles. The summed E-state index contributed by atoms with van der Waals surface area (Å²) in [6.07, 6.45) is 0.776. The zero-order valence-corrected chi connectivity index (χ0v) is 13.9. The Morgan fingerprint density at radius 2 is 1.96 bits per heavy atom. The predicted octanol–water partition coefficient (Wildman–Crippen LogP) is 2.49. The lowest BCUT2D eigenvalue weighted by Crippen LogP contribution is -2.54. The average Bonchev–Trinajstić information content (AvgIpc) is 2.62. The Labute approximate surface area is 146 Å². The van der Waals surface area contributed by atoms with Crippen LogP contribution >= 0.6 is 0 Å². The quantitative estimate of drug-likeness (QED) is 0.875. The fraction of sp³-hybridized carbons (Fsp3) is 0.316. The van der Waals surface area contributed by atoms with E-state index in [1.54, 1.807) is 0 Å². The molecule has 0 saturated carbocycles. The number of nitrogens with two attached hydrogens (primary N) is 1. The van der Waals surface area contributed by atoms with E-state index in [1.165, 1.54) is 18.2 Å². The topological polar surface area (TPSA) is 69.8 Å². The van der Waals surface area contributed by atoms with Gasteiger partial charge in [-0.15, -0.1) is 0 Å². The largest absolute Gasteiger partial charge is 0.508 e. The number of hydrogen-bond acceptors (Lipinski definition) is 4. The smallest absolute Gasteiger partial charge is 0.217 e. The van der Waals surface area contributed by atoms with Gasteiger partial charge in [0.25, 0.3) is 0 Å². The molecular formula is C19H22FN3O2. The van der Waals surface area contributed by atoms with Crippen LogP contribution < -0.4 is 15.5 Å². The first-order chi connectivity index (χ1) is 12.0. The van der Waals surface area contributed by atoms with Crippen molar-refractivity contribution in [2.45, 2.75) is 18.9 Å². The standard InChI is InChI=1S/C19H22FN3O2/c20-17-8-7-16(24)12-18(17)23-11-10-22(14-4-2-1-3-5-14)13-15(23)6-9-19(21)25/h1-5,7-8,12,15,24H,6,9-11,13H2,(H2,21,25). The molecule has 1 amide bonds. The number of phenolic OH excluding ortho intramolecular Hbond substituents is 1. The summed E-state index contributed by atoms with van der Waals surface area (Å²) in [6.45, 7) is 1.98. The van der Waals surface area contributed by atoms with Gasteiger partial charge in [0.15, 0.2) is 0 Å². The Morgan fingerprint density at radius 3 is 2.68 bits per heavy atom. The van der Waals surface area contributed by atoms with Crippen molar-refractivity contribution in [2.24, 2.45) is 5.73 Å². The molecule has 1 aliphatic rings. The van der Waals surface area contributed by atoms with Crippen molar-refractivity contribution in [3.8, 4) is 5.75 Å². The molecule has 2 aromatic rings. The van der Waals surface area contributed by atoms with Gasteiger partial charge < -0.3 is 20.6 Å². The number of anilines is 2. The number of amides is 1. The third kappa shape index (κ3) is 4.02. The van der Waals surface area contributed by atoms with Gasteiger partial charge in [-0.3, -0.25) is 4.79 Å². The van der Waals surface area contributed by atoms with Crippen LogP contribution in [-0.2, 0) is 4.79 Å². The van der Waals surface area contributed by atoms with Gasteiger partial charge in [0.2, 0.25) is 5.91 Å². The van der Waals surface area contributed by atoms with Crippen molar-refractivity contribution < 1.29 is 14.3 Å². The summed E-state index contributed by atoms with van der Waals surface area (Å²) < 4.78 is 14.3. The molecule has 0 aliphatic carbocycles. The van der Waals surface area contributed by atoms with Crippen molar-refractivity contribution in [1.29, 1.82) is 0 Å². The summed E-state index contributed by atoms with van der Waals surface area (Å²) in [5, 5.41) is 9.72. The van der Waals surface area contributed by atoms with Crippen LogP contribution in [0.25, 0.3) is 0 Å². The molecule has 5 nitrogen and oxygen atoms in total. The van der Waals surface area contributed by atoms with Gasteiger partial charge in [0.1, 0.15) is 11.6 Å². The summed E-state index contributed by atoms with van der Waals surface area (Å²) in [7, 11) is 0. The zero-order chi connectivity index (χ0) is 17.8. The maximum Gasteiger partial charge on any atom is 0.217 e. The number of piperazine rings is 1. The van der Waals surface area contributed by atoms with Crippen LogP contribution in [0.3, 0.4) is 0 Å². The van der Waals surface area contributed by atoms with Crippen LogP contribution in [0.5, 0.6) is 5.75 Å². The second-order valence-electron chi connectivity index (χ2n) is 6.27. The minimum absolute atomic E-state index is 0.0236. The van der Waals surface area contributed by atoms with Crippen LogP contribution in [0.2, 0.25) is 0 Å². The third-order valence-corrected chi connectivity index (χ3v) is 4.57. The summed E-state index contributed by atoms with van der Waals surface area (Å²) in [4.78, 5) is 15.4. The van der Waals surface area contributed by atoms with Crippen LogP contribution in [0, 0.1) is 5.82 Å². The summed E-state index contributed by atoms with van der Waals surface area (Å²) >= 11 is 0. The Balaban J connectivity index is 1.85. The molecule has 3 N–H and O–H groups in total. The molecule has 1 atom stereocenters. The summed E-state index contributed by atoms with van der Waals surface area (Å²) in [6, 6.07) is 14.0. The highest BCUT2D eigenvalue weighted by molar-refractivity contribution is 5.73. The van der Waals surface area contributed by atoms with Crippen LogP contribution in [0.1, 0.15) is 12.8 Å². The first-order valence-electron chi connectivity index (χ1n) is 8.38. The molecular weight excluding hydrogens is 321 g/mol. The number of halogens is 1. The highest BCUT2D eigenvalue weighted by atomic mass is 19.1. The molecule has 6 heteroatoms. The SMILES string of the molecule is NC(=O)CCC1CN(c2ccccc2)CCN1c1cc(O)ccc1F. The molecule has 0 bridgehead atoms. The van der Waals surface area contributed by atoms with E-state index in [-0.39, 0.29) is 29.9 Å². The number of rotatable bonds is 5. The van der Waals surface area contributed by atoms with Crippen molar-refractivity contribution >= 4 is 17.3 Å². The van der Waals surface area contributed by atoms with Crippen molar-refractivity contribution in [3.05, 3.63) is 54.3 Å². The van der Waals surface area contributed by atoms with Gasteiger partial charge in [0.05, 0.1) is 5.69 Å². The lowest BCUT2D eigenvalue weighted by Gasteiger charge is -2.44. The number of primary amides is 1. The van der Waals surface area contributed by atoms with E-state index < -0.39 is 0 Å². The lowest BCUT2D eigenvalue weighted by atomic mass is 10.0. The molecule has 0 radical (unpaired) electrons. The first-order valence-corrected chi connectivity index (χ1v) is 8.38. The Kier molecular flexibility index (Phi) is 5.07. The van der Waals surface area contributed by atoms with Crippen LogP contribution in [0.15, 0.2) is 48.5 Å².